The predicted molar refractivity (Wildman–Crippen MR) is 108 cm³/mol. The fraction of sp³-hybridized carbons (Fsp3) is 0.364. The third kappa shape index (κ3) is 3.37. The van der Waals surface area contributed by atoms with Crippen LogP contribution in [-0.2, 0) is 0 Å². The molecule has 2 bridgehead atoms. The minimum absolute atomic E-state index is 0.00625. The van der Waals surface area contributed by atoms with E-state index in [2.05, 4.69) is 20.4 Å². The summed E-state index contributed by atoms with van der Waals surface area (Å²) in [6.45, 7) is 2.01. The zero-order chi connectivity index (χ0) is 19.8. The molecule has 0 radical (unpaired) electrons. The number of nitrogens with one attached hydrogen (secondary N) is 1. The van der Waals surface area contributed by atoms with Crippen molar-refractivity contribution in [3.63, 3.8) is 0 Å². The van der Waals surface area contributed by atoms with Crippen molar-refractivity contribution in [2.24, 2.45) is 0 Å². The first-order valence-electron chi connectivity index (χ1n) is 10.1. The predicted octanol–water partition coefficient (Wildman–Crippen LogP) is 4.38. The topological polar surface area (TPSA) is 84.2 Å². The molecule has 7 nitrogen and oxygen atoms in total. The number of benzene rings is 1. The second-order valence-electron chi connectivity index (χ2n) is 7.90. The minimum atomic E-state index is -0.00625. The van der Waals surface area contributed by atoms with Crippen LogP contribution in [0.4, 0.5) is 10.5 Å². The molecule has 5 rings (SSSR count). The van der Waals surface area contributed by atoms with Crippen LogP contribution in [0.15, 0.2) is 53.3 Å². The van der Waals surface area contributed by atoms with Crippen LogP contribution in [0.5, 0.6) is 0 Å². The molecule has 2 saturated heterocycles. The van der Waals surface area contributed by atoms with Crippen molar-refractivity contribution in [3.8, 4) is 11.4 Å². The average Bonchev–Trinajstić information content (AvgIpc) is 3.33. The van der Waals surface area contributed by atoms with E-state index < -0.39 is 0 Å². The van der Waals surface area contributed by atoms with Crippen LogP contribution in [0.2, 0.25) is 0 Å². The first-order chi connectivity index (χ1) is 14.2. The molecule has 3 aromatic rings. The summed E-state index contributed by atoms with van der Waals surface area (Å²) in [5.41, 5.74) is 2.84. The van der Waals surface area contributed by atoms with Crippen molar-refractivity contribution in [3.05, 3.63) is 60.2 Å². The molecule has 2 amide bonds. The fourth-order valence-corrected chi connectivity index (χ4v) is 4.62. The molecule has 0 aliphatic carbocycles. The van der Waals surface area contributed by atoms with Crippen LogP contribution in [0.25, 0.3) is 11.4 Å². The lowest BCUT2D eigenvalue weighted by Crippen LogP contribution is -2.48. The van der Waals surface area contributed by atoms with Gasteiger partial charge in [-0.3, -0.25) is 4.98 Å². The van der Waals surface area contributed by atoms with E-state index in [4.69, 9.17) is 4.52 Å². The largest absolute Gasteiger partial charge is 0.339 e. The quantitative estimate of drug-likeness (QED) is 0.718. The van der Waals surface area contributed by atoms with Gasteiger partial charge in [0.15, 0.2) is 0 Å². The molecule has 2 atom stereocenters. The molecule has 2 aliphatic heterocycles. The number of para-hydroxylation sites is 1. The van der Waals surface area contributed by atoms with Crippen molar-refractivity contribution in [2.45, 2.75) is 50.6 Å². The van der Waals surface area contributed by atoms with Crippen LogP contribution in [-0.4, -0.2) is 38.1 Å². The van der Waals surface area contributed by atoms with E-state index in [0.717, 1.165) is 42.5 Å². The Balaban J connectivity index is 1.30. The number of amides is 2. The van der Waals surface area contributed by atoms with Crippen molar-refractivity contribution in [1.29, 1.82) is 0 Å². The molecular formula is C22H23N5O2. The van der Waals surface area contributed by atoms with Gasteiger partial charge in [0, 0.05) is 41.6 Å². The van der Waals surface area contributed by atoms with E-state index in [1.807, 2.05) is 48.2 Å². The number of nitrogens with zero attached hydrogens (tertiary/aromatic N) is 4. The SMILES string of the molecule is Cc1ccccc1NC(=O)N1C2CCC1CC(c1nc(-c3ccncc3)no1)C2. The average molecular weight is 389 g/mol. The highest BCUT2D eigenvalue weighted by molar-refractivity contribution is 5.90. The summed E-state index contributed by atoms with van der Waals surface area (Å²) in [6.07, 6.45) is 7.20. The lowest BCUT2D eigenvalue weighted by Gasteiger charge is -2.37. The monoisotopic (exact) mass is 389 g/mol. The normalized spacial score (nSPS) is 23.2. The zero-order valence-electron chi connectivity index (χ0n) is 16.3. The van der Waals surface area contributed by atoms with E-state index in [0.29, 0.717) is 11.7 Å². The highest BCUT2D eigenvalue weighted by atomic mass is 16.5. The Labute approximate surface area is 169 Å². The molecule has 7 heteroatoms. The van der Waals surface area contributed by atoms with Crippen LogP contribution in [0, 0.1) is 6.92 Å². The fourth-order valence-electron chi connectivity index (χ4n) is 4.62. The summed E-state index contributed by atoms with van der Waals surface area (Å²) in [6, 6.07) is 12.0. The second kappa shape index (κ2) is 7.31. The molecule has 2 fully saturated rings. The van der Waals surface area contributed by atoms with Gasteiger partial charge in [0.1, 0.15) is 0 Å². The Bertz CT molecular complexity index is 1000. The number of fused-ring (bicyclic) bond motifs is 2. The van der Waals surface area contributed by atoms with Crippen molar-refractivity contribution >= 4 is 11.7 Å². The molecule has 0 spiro atoms. The molecule has 2 unspecified atom stereocenters. The molecule has 4 heterocycles. The number of aryl methyl sites for hydroxylation is 1. The first kappa shape index (κ1) is 17.8. The number of aromatic nitrogens is 3. The molecule has 2 aromatic heterocycles. The minimum Gasteiger partial charge on any atom is -0.339 e. The summed E-state index contributed by atoms with van der Waals surface area (Å²) in [4.78, 5) is 23.7. The van der Waals surface area contributed by atoms with Crippen molar-refractivity contribution in [1.82, 2.24) is 20.0 Å². The number of hydrogen-bond donors (Lipinski definition) is 1. The Hall–Kier alpha value is -3.22. The van der Waals surface area contributed by atoms with Gasteiger partial charge in [0.25, 0.3) is 0 Å². The maximum Gasteiger partial charge on any atom is 0.322 e. The van der Waals surface area contributed by atoms with E-state index in [1.165, 1.54) is 0 Å². The Morgan fingerprint density at radius 3 is 2.55 bits per heavy atom. The number of pyridine rings is 1. The molecular weight excluding hydrogens is 366 g/mol. The maximum atomic E-state index is 13.0. The van der Waals surface area contributed by atoms with E-state index in [1.54, 1.807) is 12.4 Å². The van der Waals surface area contributed by atoms with Gasteiger partial charge in [0.05, 0.1) is 0 Å². The highest BCUT2D eigenvalue weighted by Gasteiger charge is 2.45. The van der Waals surface area contributed by atoms with Crippen LogP contribution in [0.3, 0.4) is 0 Å². The molecule has 1 aromatic carbocycles. The lowest BCUT2D eigenvalue weighted by atomic mass is 9.91. The van der Waals surface area contributed by atoms with Gasteiger partial charge in [-0.25, -0.2) is 4.79 Å². The van der Waals surface area contributed by atoms with Crippen LogP contribution < -0.4 is 5.32 Å². The summed E-state index contributed by atoms with van der Waals surface area (Å²) < 4.78 is 5.59. The lowest BCUT2D eigenvalue weighted by molar-refractivity contribution is 0.140. The van der Waals surface area contributed by atoms with Gasteiger partial charge in [-0.2, -0.15) is 4.98 Å². The molecule has 1 N–H and O–H groups in total. The smallest absolute Gasteiger partial charge is 0.322 e. The van der Waals surface area contributed by atoms with E-state index >= 15 is 0 Å². The number of carbonyl (C=O) groups excluding carboxylic acids is 1. The Morgan fingerprint density at radius 1 is 1.10 bits per heavy atom. The third-order valence-corrected chi connectivity index (χ3v) is 6.08. The summed E-state index contributed by atoms with van der Waals surface area (Å²) in [5, 5.41) is 7.24. The maximum absolute atomic E-state index is 13.0. The van der Waals surface area contributed by atoms with Crippen molar-refractivity contribution in [2.75, 3.05) is 5.32 Å². The summed E-state index contributed by atoms with van der Waals surface area (Å²) in [5.74, 6) is 1.46. The first-order valence-corrected chi connectivity index (χ1v) is 10.1. The number of anilines is 1. The van der Waals surface area contributed by atoms with Gasteiger partial charge < -0.3 is 14.7 Å². The van der Waals surface area contributed by atoms with Gasteiger partial charge >= 0.3 is 6.03 Å². The molecule has 0 saturated carbocycles. The Morgan fingerprint density at radius 2 is 1.83 bits per heavy atom. The zero-order valence-corrected chi connectivity index (χ0v) is 16.3. The number of hydrogen-bond acceptors (Lipinski definition) is 5. The number of carbonyl (C=O) groups is 1. The second-order valence-corrected chi connectivity index (χ2v) is 7.90. The molecule has 2 aliphatic rings. The number of rotatable bonds is 3. The summed E-state index contributed by atoms with van der Waals surface area (Å²) >= 11 is 0. The van der Waals surface area contributed by atoms with Crippen molar-refractivity contribution < 1.29 is 9.32 Å². The van der Waals surface area contributed by atoms with E-state index in [9.17, 15) is 4.79 Å². The Kier molecular flexibility index (Phi) is 4.50. The third-order valence-electron chi connectivity index (χ3n) is 6.08. The molecule has 29 heavy (non-hydrogen) atoms. The standard InChI is InChI=1S/C22H23N5O2/c1-14-4-2-3-5-19(14)24-22(28)27-17-6-7-18(27)13-16(12-17)21-25-20(26-29-21)15-8-10-23-11-9-15/h2-5,8-11,16-18H,6-7,12-13H2,1H3,(H,24,28). The number of urea groups is 1. The summed E-state index contributed by atoms with van der Waals surface area (Å²) in [7, 11) is 0. The van der Waals surface area contributed by atoms with Gasteiger partial charge in [0.2, 0.25) is 11.7 Å². The van der Waals surface area contributed by atoms with Crippen LogP contribution >= 0.6 is 0 Å². The van der Waals surface area contributed by atoms with Gasteiger partial charge in [-0.1, -0.05) is 23.4 Å². The van der Waals surface area contributed by atoms with E-state index in [-0.39, 0.29) is 24.0 Å². The van der Waals surface area contributed by atoms with Gasteiger partial charge in [-0.05, 0) is 56.4 Å². The van der Waals surface area contributed by atoms with Gasteiger partial charge in [-0.15, -0.1) is 0 Å². The van der Waals surface area contributed by atoms with Crippen LogP contribution in [0.1, 0.15) is 43.1 Å². The number of piperidine rings is 1. The highest BCUT2D eigenvalue weighted by Crippen LogP contribution is 2.43. The molecule has 148 valence electrons.